The van der Waals surface area contributed by atoms with Crippen LogP contribution in [-0.4, -0.2) is 27.8 Å². The lowest BCUT2D eigenvalue weighted by molar-refractivity contribution is 0.0475. The number of hydrogen-bond acceptors (Lipinski definition) is 4. The molecule has 112 valence electrons. The molecule has 20 heavy (non-hydrogen) atoms. The summed E-state index contributed by atoms with van der Waals surface area (Å²) in [5.41, 5.74) is 1.22. The first-order valence-corrected chi connectivity index (χ1v) is 7.12. The molecule has 4 nitrogen and oxygen atoms in total. The Labute approximate surface area is 121 Å². The normalized spacial score (nSPS) is 21.9. The molecule has 0 amide bonds. The maximum Gasteiger partial charge on any atom is 0.188 e. The van der Waals surface area contributed by atoms with Crippen LogP contribution < -0.4 is 9.47 Å². The van der Waals surface area contributed by atoms with E-state index in [9.17, 15) is 0 Å². The van der Waals surface area contributed by atoms with Gasteiger partial charge >= 0.3 is 0 Å². The Balaban J connectivity index is 2.17. The van der Waals surface area contributed by atoms with Crippen molar-refractivity contribution in [2.75, 3.05) is 27.8 Å². The average molecular weight is 280 g/mol. The topological polar surface area (TPSA) is 36.9 Å². The second-order valence-corrected chi connectivity index (χ2v) is 5.42. The van der Waals surface area contributed by atoms with E-state index < -0.39 is 0 Å². The molecule has 0 radical (unpaired) electrons. The average Bonchev–Trinajstić information content (AvgIpc) is 2.89. The summed E-state index contributed by atoms with van der Waals surface area (Å²) in [5.74, 6) is 3.05. The summed E-state index contributed by atoms with van der Waals surface area (Å²) < 4.78 is 21.2. The summed E-state index contributed by atoms with van der Waals surface area (Å²) in [6.45, 7) is 2.84. The first-order valence-electron chi connectivity index (χ1n) is 7.12. The van der Waals surface area contributed by atoms with E-state index in [4.69, 9.17) is 18.9 Å². The molecule has 1 aromatic rings. The fourth-order valence-corrected chi connectivity index (χ4v) is 2.81. The van der Waals surface area contributed by atoms with Gasteiger partial charge in [0, 0.05) is 19.8 Å². The zero-order chi connectivity index (χ0) is 14.4. The molecule has 0 saturated heterocycles. The molecule has 0 bridgehead atoms. The molecule has 2 unspecified atom stereocenters. The number of benzene rings is 1. The third-order valence-electron chi connectivity index (χ3n) is 3.79. The predicted molar refractivity (Wildman–Crippen MR) is 77.2 cm³/mol. The lowest BCUT2D eigenvalue weighted by Crippen LogP contribution is -2.05. The Bertz CT molecular complexity index is 419. The first kappa shape index (κ1) is 15.1. The van der Waals surface area contributed by atoms with Crippen molar-refractivity contribution in [3.05, 3.63) is 23.8 Å². The van der Waals surface area contributed by atoms with E-state index in [0.29, 0.717) is 5.92 Å². The number of rotatable bonds is 7. The minimum absolute atomic E-state index is 0.263. The van der Waals surface area contributed by atoms with Gasteiger partial charge in [0.1, 0.15) is 11.5 Å². The SMILES string of the molecule is COCOc1ccc(OCOC)c(C2CCC(C)C2)c1. The Hall–Kier alpha value is -1.26. The van der Waals surface area contributed by atoms with Crippen molar-refractivity contribution >= 4 is 0 Å². The Morgan fingerprint density at radius 3 is 2.45 bits per heavy atom. The van der Waals surface area contributed by atoms with E-state index in [1.54, 1.807) is 14.2 Å². The molecule has 1 aliphatic carbocycles. The highest BCUT2D eigenvalue weighted by molar-refractivity contribution is 5.43. The number of methoxy groups -OCH3 is 2. The largest absolute Gasteiger partial charge is 0.468 e. The van der Waals surface area contributed by atoms with Crippen molar-refractivity contribution in [1.82, 2.24) is 0 Å². The monoisotopic (exact) mass is 280 g/mol. The molecule has 1 saturated carbocycles. The Morgan fingerprint density at radius 1 is 1.05 bits per heavy atom. The van der Waals surface area contributed by atoms with Crippen molar-refractivity contribution in [3.63, 3.8) is 0 Å². The van der Waals surface area contributed by atoms with Crippen molar-refractivity contribution < 1.29 is 18.9 Å². The molecule has 1 fully saturated rings. The third kappa shape index (κ3) is 3.87. The van der Waals surface area contributed by atoms with Crippen LogP contribution >= 0.6 is 0 Å². The van der Waals surface area contributed by atoms with Crippen molar-refractivity contribution in [2.24, 2.45) is 5.92 Å². The fraction of sp³-hybridized carbons (Fsp3) is 0.625. The summed E-state index contributed by atoms with van der Waals surface area (Å²) in [7, 11) is 3.25. The van der Waals surface area contributed by atoms with Gasteiger partial charge in [-0.05, 0) is 42.9 Å². The second kappa shape index (κ2) is 7.50. The van der Waals surface area contributed by atoms with Gasteiger partial charge in [-0.3, -0.25) is 0 Å². The Kier molecular flexibility index (Phi) is 5.68. The maximum atomic E-state index is 5.68. The molecule has 0 aliphatic heterocycles. The van der Waals surface area contributed by atoms with Crippen molar-refractivity contribution in [3.8, 4) is 11.5 Å². The predicted octanol–water partition coefficient (Wildman–Crippen LogP) is 3.56. The molecule has 4 heteroatoms. The van der Waals surface area contributed by atoms with E-state index in [-0.39, 0.29) is 13.6 Å². The third-order valence-corrected chi connectivity index (χ3v) is 3.79. The van der Waals surface area contributed by atoms with E-state index in [1.165, 1.54) is 24.8 Å². The highest BCUT2D eigenvalue weighted by Crippen LogP contribution is 2.42. The van der Waals surface area contributed by atoms with Gasteiger partial charge in [-0.25, -0.2) is 0 Å². The van der Waals surface area contributed by atoms with Gasteiger partial charge in [0.2, 0.25) is 0 Å². The van der Waals surface area contributed by atoms with E-state index in [2.05, 4.69) is 13.0 Å². The number of ether oxygens (including phenoxy) is 4. The summed E-state index contributed by atoms with van der Waals surface area (Å²) in [6.07, 6.45) is 3.69. The fourth-order valence-electron chi connectivity index (χ4n) is 2.81. The van der Waals surface area contributed by atoms with Gasteiger partial charge in [-0.15, -0.1) is 0 Å². The van der Waals surface area contributed by atoms with Crippen LogP contribution in [0.2, 0.25) is 0 Å². The van der Waals surface area contributed by atoms with E-state index in [0.717, 1.165) is 17.4 Å². The number of hydrogen-bond donors (Lipinski definition) is 0. The van der Waals surface area contributed by atoms with Gasteiger partial charge in [0.15, 0.2) is 13.6 Å². The van der Waals surface area contributed by atoms with Crippen LogP contribution in [0.1, 0.15) is 37.7 Å². The van der Waals surface area contributed by atoms with Crippen molar-refractivity contribution in [2.45, 2.75) is 32.1 Å². The van der Waals surface area contributed by atoms with Crippen LogP contribution in [0.25, 0.3) is 0 Å². The van der Waals surface area contributed by atoms with Crippen LogP contribution in [0.3, 0.4) is 0 Å². The van der Waals surface area contributed by atoms with Crippen LogP contribution in [0.5, 0.6) is 11.5 Å². The van der Waals surface area contributed by atoms with Gasteiger partial charge in [0.25, 0.3) is 0 Å². The van der Waals surface area contributed by atoms with Crippen molar-refractivity contribution in [1.29, 1.82) is 0 Å². The smallest absolute Gasteiger partial charge is 0.188 e. The quantitative estimate of drug-likeness (QED) is 0.716. The van der Waals surface area contributed by atoms with Crippen LogP contribution in [0.4, 0.5) is 0 Å². The molecule has 1 aromatic carbocycles. The molecule has 0 heterocycles. The van der Waals surface area contributed by atoms with Crippen LogP contribution in [0.15, 0.2) is 18.2 Å². The highest BCUT2D eigenvalue weighted by atomic mass is 16.7. The second-order valence-electron chi connectivity index (χ2n) is 5.42. The molecular formula is C16H24O4. The zero-order valence-corrected chi connectivity index (χ0v) is 12.6. The van der Waals surface area contributed by atoms with E-state index in [1.807, 2.05) is 12.1 Å². The molecule has 2 atom stereocenters. The maximum absolute atomic E-state index is 5.68. The zero-order valence-electron chi connectivity index (χ0n) is 12.6. The summed E-state index contributed by atoms with van der Waals surface area (Å²) >= 11 is 0. The summed E-state index contributed by atoms with van der Waals surface area (Å²) in [4.78, 5) is 0. The Morgan fingerprint density at radius 2 is 1.80 bits per heavy atom. The standard InChI is InChI=1S/C16H24O4/c1-12-4-5-13(8-12)15-9-14(19-10-17-2)6-7-16(15)20-11-18-3/h6-7,9,12-13H,4-5,8,10-11H2,1-3H3. The van der Waals surface area contributed by atoms with Crippen LogP contribution in [0, 0.1) is 5.92 Å². The van der Waals surface area contributed by atoms with Crippen LogP contribution in [-0.2, 0) is 9.47 Å². The molecule has 0 N–H and O–H groups in total. The van der Waals surface area contributed by atoms with Gasteiger partial charge < -0.3 is 18.9 Å². The molecule has 1 aliphatic rings. The van der Waals surface area contributed by atoms with Gasteiger partial charge in [-0.1, -0.05) is 13.3 Å². The van der Waals surface area contributed by atoms with Gasteiger partial charge in [-0.2, -0.15) is 0 Å². The lowest BCUT2D eigenvalue weighted by atomic mass is 9.95. The molecule has 2 rings (SSSR count). The van der Waals surface area contributed by atoms with E-state index >= 15 is 0 Å². The molecule has 0 aromatic heterocycles. The molecule has 0 spiro atoms. The lowest BCUT2D eigenvalue weighted by Gasteiger charge is -2.17. The molecular weight excluding hydrogens is 256 g/mol. The summed E-state index contributed by atoms with van der Waals surface area (Å²) in [6, 6.07) is 5.95. The first-order chi connectivity index (χ1) is 9.74. The summed E-state index contributed by atoms with van der Waals surface area (Å²) in [5, 5.41) is 0. The highest BCUT2D eigenvalue weighted by Gasteiger charge is 2.25. The minimum Gasteiger partial charge on any atom is -0.468 e. The van der Waals surface area contributed by atoms with Gasteiger partial charge in [0.05, 0.1) is 0 Å². The minimum atomic E-state index is 0.263.